The highest BCUT2D eigenvalue weighted by Gasteiger charge is 2.32. The van der Waals surface area contributed by atoms with Gasteiger partial charge in [-0.25, -0.2) is 0 Å². The van der Waals surface area contributed by atoms with Gasteiger partial charge in [-0.15, -0.1) is 6.42 Å². The van der Waals surface area contributed by atoms with Crippen LogP contribution in [0.3, 0.4) is 0 Å². The molecule has 0 saturated heterocycles. The number of fused-ring (bicyclic) bond motifs is 1. The third-order valence-corrected chi connectivity index (χ3v) is 5.83. The molecule has 1 heterocycles. The highest BCUT2D eigenvalue weighted by molar-refractivity contribution is 6.02. The molecule has 5 nitrogen and oxygen atoms in total. The van der Waals surface area contributed by atoms with E-state index in [1.54, 1.807) is 5.01 Å². The standard InChI is InChI=1S/C28H27N3O2/c1-2-20-30(24-16-7-4-8-17-24)21-27(32)29-31-25-18-10-9-12-22(25)15-11-19-26(31)28(33)23-13-5-3-6-14-23/h1,3-10,12-14,16-18,26H,11,15,19-21H2,(H,29,32). The Morgan fingerprint density at radius 1 is 0.970 bits per heavy atom. The number of carbonyl (C=O) groups is 2. The molecule has 1 aliphatic rings. The van der Waals surface area contributed by atoms with Crippen LogP contribution in [0.1, 0.15) is 28.8 Å². The van der Waals surface area contributed by atoms with Gasteiger partial charge in [0.05, 0.1) is 18.8 Å². The van der Waals surface area contributed by atoms with Crippen LogP contribution >= 0.6 is 0 Å². The van der Waals surface area contributed by atoms with Crippen molar-refractivity contribution in [2.24, 2.45) is 0 Å². The minimum Gasteiger partial charge on any atom is -0.351 e. The van der Waals surface area contributed by atoms with Crippen molar-refractivity contribution in [2.75, 3.05) is 23.0 Å². The van der Waals surface area contributed by atoms with Gasteiger partial charge in [-0.2, -0.15) is 0 Å². The summed E-state index contributed by atoms with van der Waals surface area (Å²) >= 11 is 0. The number of anilines is 2. The van der Waals surface area contributed by atoms with E-state index in [4.69, 9.17) is 6.42 Å². The number of hydrogen-bond donors (Lipinski definition) is 1. The molecule has 33 heavy (non-hydrogen) atoms. The van der Waals surface area contributed by atoms with Crippen molar-refractivity contribution in [2.45, 2.75) is 25.3 Å². The fourth-order valence-electron chi connectivity index (χ4n) is 4.25. The molecule has 0 radical (unpaired) electrons. The molecular formula is C28H27N3O2. The number of para-hydroxylation sites is 2. The zero-order chi connectivity index (χ0) is 23.0. The minimum absolute atomic E-state index is 0.00357. The number of amides is 1. The average Bonchev–Trinajstić information content (AvgIpc) is 3.04. The van der Waals surface area contributed by atoms with Gasteiger partial charge in [0.1, 0.15) is 6.04 Å². The summed E-state index contributed by atoms with van der Waals surface area (Å²) in [4.78, 5) is 28.5. The van der Waals surface area contributed by atoms with Crippen LogP contribution in [-0.2, 0) is 11.2 Å². The highest BCUT2D eigenvalue weighted by atomic mass is 16.2. The Bertz CT molecular complexity index is 1140. The smallest absolute Gasteiger partial charge is 0.258 e. The highest BCUT2D eigenvalue weighted by Crippen LogP contribution is 2.29. The number of nitrogens with zero attached hydrogens (tertiary/aromatic N) is 2. The van der Waals surface area contributed by atoms with Crippen LogP contribution in [0, 0.1) is 12.3 Å². The van der Waals surface area contributed by atoms with Crippen LogP contribution < -0.4 is 15.3 Å². The Hall–Kier alpha value is -4.04. The molecule has 0 aromatic heterocycles. The summed E-state index contributed by atoms with van der Waals surface area (Å²) in [7, 11) is 0. The summed E-state index contributed by atoms with van der Waals surface area (Å²) in [5, 5.41) is 1.76. The molecule has 4 rings (SSSR count). The molecular weight excluding hydrogens is 410 g/mol. The molecule has 3 aromatic rings. The van der Waals surface area contributed by atoms with E-state index in [2.05, 4.69) is 17.4 Å². The van der Waals surface area contributed by atoms with E-state index < -0.39 is 6.04 Å². The number of benzene rings is 3. The van der Waals surface area contributed by atoms with E-state index >= 15 is 0 Å². The van der Waals surface area contributed by atoms with Gasteiger partial charge in [-0.3, -0.25) is 20.0 Å². The number of nitrogens with one attached hydrogen (secondary N) is 1. The maximum Gasteiger partial charge on any atom is 0.258 e. The topological polar surface area (TPSA) is 52.7 Å². The largest absolute Gasteiger partial charge is 0.351 e. The molecule has 0 spiro atoms. The lowest BCUT2D eigenvalue weighted by Gasteiger charge is -2.33. The molecule has 1 atom stereocenters. The first kappa shape index (κ1) is 22.2. The van der Waals surface area contributed by atoms with E-state index in [-0.39, 0.29) is 18.2 Å². The van der Waals surface area contributed by atoms with Crippen molar-refractivity contribution in [1.29, 1.82) is 0 Å². The number of Topliss-reactive ketones (excluding diaryl/α,β-unsaturated/α-hetero) is 1. The first-order valence-corrected chi connectivity index (χ1v) is 11.2. The Labute approximate surface area is 195 Å². The molecule has 1 unspecified atom stereocenters. The van der Waals surface area contributed by atoms with Crippen LogP contribution in [-0.4, -0.2) is 30.8 Å². The number of ketones is 1. The monoisotopic (exact) mass is 437 g/mol. The number of terminal acetylenes is 1. The van der Waals surface area contributed by atoms with Gasteiger partial charge in [-0.1, -0.05) is 72.7 Å². The average molecular weight is 438 g/mol. The molecule has 1 N–H and O–H groups in total. The molecule has 166 valence electrons. The summed E-state index contributed by atoms with van der Waals surface area (Å²) in [5.74, 6) is 2.40. The molecule has 0 fully saturated rings. The second kappa shape index (κ2) is 10.5. The van der Waals surface area contributed by atoms with Gasteiger partial charge in [0.15, 0.2) is 5.78 Å². The predicted octanol–water partition coefficient (Wildman–Crippen LogP) is 4.25. The zero-order valence-electron chi connectivity index (χ0n) is 18.5. The lowest BCUT2D eigenvalue weighted by Crippen LogP contribution is -2.54. The fraction of sp³-hybridized carbons (Fsp3) is 0.214. The Balaban J connectivity index is 1.61. The number of rotatable bonds is 7. The van der Waals surface area contributed by atoms with Gasteiger partial charge in [0.25, 0.3) is 5.91 Å². The minimum atomic E-state index is -0.488. The number of hydrazine groups is 1. The molecule has 0 saturated carbocycles. The van der Waals surface area contributed by atoms with Crippen molar-refractivity contribution in [3.63, 3.8) is 0 Å². The number of hydrogen-bond acceptors (Lipinski definition) is 4. The Morgan fingerprint density at radius 3 is 2.36 bits per heavy atom. The van der Waals surface area contributed by atoms with Crippen LogP contribution in [0.25, 0.3) is 0 Å². The fourth-order valence-corrected chi connectivity index (χ4v) is 4.25. The molecule has 3 aromatic carbocycles. The van der Waals surface area contributed by atoms with Gasteiger partial charge in [0.2, 0.25) is 0 Å². The maximum atomic E-state index is 13.5. The summed E-state index contributed by atoms with van der Waals surface area (Å²) in [6, 6.07) is 26.3. The van der Waals surface area contributed by atoms with Crippen molar-refractivity contribution in [3.05, 3.63) is 96.1 Å². The summed E-state index contributed by atoms with van der Waals surface area (Å²) in [5.41, 5.74) is 6.53. The molecule has 5 heteroatoms. The SMILES string of the molecule is C#CCN(CC(=O)NN1c2ccccc2CCCC1C(=O)c1ccccc1)c1ccccc1. The second-order valence-electron chi connectivity index (χ2n) is 8.07. The van der Waals surface area contributed by atoms with E-state index in [1.807, 2.05) is 83.8 Å². The van der Waals surface area contributed by atoms with Crippen molar-refractivity contribution < 1.29 is 9.59 Å². The Morgan fingerprint density at radius 2 is 1.64 bits per heavy atom. The Kier molecular flexibility index (Phi) is 7.06. The first-order chi connectivity index (χ1) is 16.2. The molecule has 1 aliphatic heterocycles. The van der Waals surface area contributed by atoms with Crippen molar-refractivity contribution >= 4 is 23.1 Å². The number of carbonyl (C=O) groups excluding carboxylic acids is 2. The van der Waals surface area contributed by atoms with Gasteiger partial charge < -0.3 is 4.90 Å². The lowest BCUT2D eigenvalue weighted by molar-refractivity contribution is -0.120. The normalized spacial score (nSPS) is 15.0. The second-order valence-corrected chi connectivity index (χ2v) is 8.07. The van der Waals surface area contributed by atoms with Crippen LogP contribution in [0.15, 0.2) is 84.9 Å². The van der Waals surface area contributed by atoms with Crippen LogP contribution in [0.2, 0.25) is 0 Å². The van der Waals surface area contributed by atoms with E-state index in [0.29, 0.717) is 18.5 Å². The van der Waals surface area contributed by atoms with Crippen LogP contribution in [0.5, 0.6) is 0 Å². The predicted molar refractivity (Wildman–Crippen MR) is 132 cm³/mol. The molecule has 1 amide bonds. The van der Waals surface area contributed by atoms with Crippen molar-refractivity contribution in [3.8, 4) is 12.3 Å². The van der Waals surface area contributed by atoms with Gasteiger partial charge in [0, 0.05) is 11.3 Å². The third-order valence-electron chi connectivity index (χ3n) is 5.83. The lowest BCUT2D eigenvalue weighted by atomic mass is 9.99. The van der Waals surface area contributed by atoms with Gasteiger partial charge >= 0.3 is 0 Å². The van der Waals surface area contributed by atoms with E-state index in [0.717, 1.165) is 29.8 Å². The number of aryl methyl sites for hydroxylation is 1. The van der Waals surface area contributed by atoms with Gasteiger partial charge in [-0.05, 0) is 43.0 Å². The molecule has 0 bridgehead atoms. The summed E-state index contributed by atoms with van der Waals surface area (Å²) < 4.78 is 0. The quantitative estimate of drug-likeness (QED) is 0.444. The first-order valence-electron chi connectivity index (χ1n) is 11.2. The van der Waals surface area contributed by atoms with E-state index in [1.165, 1.54) is 0 Å². The van der Waals surface area contributed by atoms with Crippen LogP contribution in [0.4, 0.5) is 11.4 Å². The van der Waals surface area contributed by atoms with E-state index in [9.17, 15) is 9.59 Å². The molecule has 0 aliphatic carbocycles. The summed E-state index contributed by atoms with van der Waals surface area (Å²) in [6.45, 7) is 0.388. The summed E-state index contributed by atoms with van der Waals surface area (Å²) in [6.07, 6.45) is 7.92. The third kappa shape index (κ3) is 5.24. The zero-order valence-corrected chi connectivity index (χ0v) is 18.5. The van der Waals surface area contributed by atoms with Crippen molar-refractivity contribution in [1.82, 2.24) is 5.43 Å². The maximum absolute atomic E-state index is 13.5.